The number of hydrogen-bond donors (Lipinski definition) is 0. The summed E-state index contributed by atoms with van der Waals surface area (Å²) in [4.78, 5) is 11.0. The quantitative estimate of drug-likeness (QED) is 0.520. The molecule has 0 saturated carbocycles. The highest BCUT2D eigenvalue weighted by Gasteiger charge is 2.25. The van der Waals surface area contributed by atoms with Gasteiger partial charge in [0.15, 0.2) is 5.78 Å². The van der Waals surface area contributed by atoms with Gasteiger partial charge in [-0.05, 0) is 25.3 Å². The first-order chi connectivity index (χ1) is 4.25. The van der Waals surface area contributed by atoms with Gasteiger partial charge in [0.1, 0.15) is 0 Å². The van der Waals surface area contributed by atoms with Crippen molar-refractivity contribution in [2.24, 2.45) is 4.40 Å². The van der Waals surface area contributed by atoms with Crippen LogP contribution in [-0.2, 0) is 4.79 Å². The van der Waals surface area contributed by atoms with Gasteiger partial charge in [-0.1, -0.05) is 6.92 Å². The molecule has 3 heteroatoms. The van der Waals surface area contributed by atoms with E-state index in [2.05, 4.69) is 4.40 Å². The molecule has 0 amide bonds. The number of ketones is 1. The van der Waals surface area contributed by atoms with Gasteiger partial charge in [-0.25, -0.2) is 4.40 Å². The van der Waals surface area contributed by atoms with Crippen LogP contribution in [0.3, 0.4) is 0 Å². The predicted octanol–water partition coefficient (Wildman–Crippen LogP) is 1.46. The normalized spacial score (nSPS) is 26.7. The van der Waals surface area contributed by atoms with E-state index in [9.17, 15) is 4.79 Å². The molecular weight excluding hydrogens is 134 g/mol. The van der Waals surface area contributed by atoms with E-state index in [1.807, 2.05) is 6.92 Å². The van der Waals surface area contributed by atoms with Crippen molar-refractivity contribution in [2.75, 3.05) is 0 Å². The Balaban J connectivity index is 2.62. The molecule has 1 rings (SSSR count). The molecule has 1 aliphatic rings. The Morgan fingerprint density at radius 3 is 2.67 bits per heavy atom. The van der Waals surface area contributed by atoms with E-state index in [0.717, 1.165) is 6.42 Å². The van der Waals surface area contributed by atoms with Gasteiger partial charge in [-0.15, -0.1) is 0 Å². The Kier molecular flexibility index (Phi) is 1.90. The molecule has 0 radical (unpaired) electrons. The summed E-state index contributed by atoms with van der Waals surface area (Å²) >= 11 is 1.40. The molecule has 0 fully saturated rings. The molecule has 0 aromatic heterocycles. The molecule has 9 heavy (non-hydrogen) atoms. The Hall–Kier alpha value is -0.310. The van der Waals surface area contributed by atoms with Crippen molar-refractivity contribution in [3.63, 3.8) is 0 Å². The fourth-order valence-electron chi connectivity index (χ4n) is 0.728. The molecule has 0 aromatic carbocycles. The summed E-state index contributed by atoms with van der Waals surface area (Å²) < 4.78 is 3.95. The zero-order chi connectivity index (χ0) is 6.85. The maximum Gasteiger partial charge on any atom is 0.192 e. The molecule has 0 spiro atoms. The largest absolute Gasteiger partial charge is 0.291 e. The van der Waals surface area contributed by atoms with Gasteiger partial charge < -0.3 is 0 Å². The van der Waals surface area contributed by atoms with Crippen molar-refractivity contribution >= 4 is 23.4 Å². The summed E-state index contributed by atoms with van der Waals surface area (Å²) in [5, 5.41) is 0.116. The summed E-state index contributed by atoms with van der Waals surface area (Å²) in [6.07, 6.45) is 0.893. The van der Waals surface area contributed by atoms with Crippen LogP contribution in [0.15, 0.2) is 4.40 Å². The van der Waals surface area contributed by atoms with Gasteiger partial charge in [0.2, 0.25) is 0 Å². The number of carbonyl (C=O) groups is 1. The first-order valence-corrected chi connectivity index (χ1v) is 3.84. The highest BCUT2D eigenvalue weighted by atomic mass is 32.2. The minimum absolute atomic E-state index is 0.116. The maximum atomic E-state index is 11.0. The fourth-order valence-corrected chi connectivity index (χ4v) is 1.52. The van der Waals surface area contributed by atoms with E-state index in [1.165, 1.54) is 11.9 Å². The van der Waals surface area contributed by atoms with E-state index in [-0.39, 0.29) is 11.0 Å². The molecule has 1 atom stereocenters. The second-order valence-corrected chi connectivity index (χ2v) is 3.01. The lowest BCUT2D eigenvalue weighted by molar-refractivity contribution is -0.112. The number of carbonyl (C=O) groups excluding carboxylic acids is 1. The van der Waals surface area contributed by atoms with Gasteiger partial charge in [0, 0.05) is 0 Å². The number of Topliss-reactive ketones (excluding diaryl/α,β-unsaturated/α-hetero) is 1. The van der Waals surface area contributed by atoms with Crippen LogP contribution in [0.4, 0.5) is 0 Å². The third-order valence-electron chi connectivity index (χ3n) is 1.34. The smallest absolute Gasteiger partial charge is 0.192 e. The lowest BCUT2D eigenvalue weighted by atomic mass is 10.2. The van der Waals surface area contributed by atoms with Crippen LogP contribution in [0.1, 0.15) is 20.3 Å². The van der Waals surface area contributed by atoms with Gasteiger partial charge in [0.25, 0.3) is 0 Å². The lowest BCUT2D eigenvalue weighted by Crippen LogP contribution is -2.16. The van der Waals surface area contributed by atoms with Crippen LogP contribution in [0.25, 0.3) is 0 Å². The Morgan fingerprint density at radius 1 is 1.78 bits per heavy atom. The van der Waals surface area contributed by atoms with Gasteiger partial charge >= 0.3 is 0 Å². The third kappa shape index (κ3) is 1.15. The number of hydrogen-bond acceptors (Lipinski definition) is 3. The second-order valence-electron chi connectivity index (χ2n) is 2.04. The molecule has 50 valence electrons. The Bertz CT molecular complexity index is 164. The summed E-state index contributed by atoms with van der Waals surface area (Å²) in [7, 11) is 0. The van der Waals surface area contributed by atoms with Crippen LogP contribution in [0.5, 0.6) is 0 Å². The standard InChI is InChI=1S/C6H9NOS/c1-3-5-6(8)4(2)7-9-5/h5H,3H2,1-2H3. The molecule has 0 N–H and O–H groups in total. The molecule has 1 unspecified atom stereocenters. The maximum absolute atomic E-state index is 11.0. The summed E-state index contributed by atoms with van der Waals surface area (Å²) in [6, 6.07) is 0. The van der Waals surface area contributed by atoms with E-state index in [1.54, 1.807) is 6.92 Å². The highest BCUT2D eigenvalue weighted by molar-refractivity contribution is 8.00. The van der Waals surface area contributed by atoms with Gasteiger partial charge in [-0.2, -0.15) is 0 Å². The molecule has 0 aromatic rings. The Labute approximate surface area is 58.9 Å². The van der Waals surface area contributed by atoms with Crippen molar-refractivity contribution in [1.82, 2.24) is 0 Å². The minimum atomic E-state index is 0.116. The molecule has 0 aliphatic carbocycles. The average molecular weight is 143 g/mol. The molecule has 0 saturated heterocycles. The number of rotatable bonds is 1. The van der Waals surface area contributed by atoms with Crippen molar-refractivity contribution in [2.45, 2.75) is 25.5 Å². The zero-order valence-corrected chi connectivity index (χ0v) is 6.36. The lowest BCUT2D eigenvalue weighted by Gasteiger charge is -1.97. The van der Waals surface area contributed by atoms with Crippen LogP contribution in [-0.4, -0.2) is 16.7 Å². The molecule has 2 nitrogen and oxygen atoms in total. The monoisotopic (exact) mass is 143 g/mol. The summed E-state index contributed by atoms with van der Waals surface area (Å²) in [5.41, 5.74) is 0.673. The van der Waals surface area contributed by atoms with E-state index in [0.29, 0.717) is 5.71 Å². The zero-order valence-electron chi connectivity index (χ0n) is 5.55. The first kappa shape index (κ1) is 6.81. The van der Waals surface area contributed by atoms with Crippen LogP contribution >= 0.6 is 11.9 Å². The summed E-state index contributed by atoms with van der Waals surface area (Å²) in [5.74, 6) is 0.211. The van der Waals surface area contributed by atoms with Crippen molar-refractivity contribution in [3.05, 3.63) is 0 Å². The average Bonchev–Trinajstić information content (AvgIpc) is 2.15. The van der Waals surface area contributed by atoms with Crippen molar-refractivity contribution in [1.29, 1.82) is 0 Å². The van der Waals surface area contributed by atoms with Crippen molar-refractivity contribution in [3.8, 4) is 0 Å². The van der Waals surface area contributed by atoms with Crippen LogP contribution < -0.4 is 0 Å². The predicted molar refractivity (Wildman–Crippen MR) is 39.8 cm³/mol. The molecule has 1 aliphatic heterocycles. The van der Waals surface area contributed by atoms with Crippen molar-refractivity contribution < 1.29 is 4.79 Å². The topological polar surface area (TPSA) is 29.4 Å². The van der Waals surface area contributed by atoms with Crippen LogP contribution in [0, 0.1) is 0 Å². The van der Waals surface area contributed by atoms with E-state index >= 15 is 0 Å². The van der Waals surface area contributed by atoms with E-state index < -0.39 is 0 Å². The van der Waals surface area contributed by atoms with Crippen LogP contribution in [0.2, 0.25) is 0 Å². The van der Waals surface area contributed by atoms with E-state index in [4.69, 9.17) is 0 Å². The highest BCUT2D eigenvalue weighted by Crippen LogP contribution is 2.23. The molecule has 1 heterocycles. The first-order valence-electron chi connectivity index (χ1n) is 3.00. The van der Waals surface area contributed by atoms with Gasteiger partial charge in [0.05, 0.1) is 11.0 Å². The molecular formula is C6H9NOS. The fraction of sp³-hybridized carbons (Fsp3) is 0.667. The second kappa shape index (κ2) is 2.52. The number of nitrogens with zero attached hydrogens (tertiary/aromatic N) is 1. The van der Waals surface area contributed by atoms with Gasteiger partial charge in [-0.3, -0.25) is 4.79 Å². The Morgan fingerprint density at radius 2 is 2.44 bits per heavy atom. The molecule has 0 bridgehead atoms. The SMILES string of the molecule is CCC1SN=C(C)C1=O. The summed E-state index contributed by atoms with van der Waals surface area (Å²) in [6.45, 7) is 3.77. The minimum Gasteiger partial charge on any atom is -0.291 e. The third-order valence-corrected chi connectivity index (χ3v) is 2.52.